The predicted octanol–water partition coefficient (Wildman–Crippen LogP) is 3.04. The van der Waals surface area contributed by atoms with Gasteiger partial charge in [-0.15, -0.1) is 0 Å². The van der Waals surface area contributed by atoms with Crippen molar-refractivity contribution >= 4 is 22.2 Å². The average Bonchev–Trinajstić information content (AvgIpc) is 2.97. The number of benzene rings is 1. The number of nitrogens with zero attached hydrogens (tertiary/aromatic N) is 1. The Bertz CT molecular complexity index is 659. The molecule has 0 saturated carbocycles. The Morgan fingerprint density at radius 2 is 2.11 bits per heavy atom. The smallest absolute Gasteiger partial charge is 0.0750 e. The lowest BCUT2D eigenvalue weighted by Gasteiger charge is -2.17. The van der Waals surface area contributed by atoms with Crippen LogP contribution in [-0.4, -0.2) is 4.98 Å². The Labute approximate surface area is 116 Å². The Balaban J connectivity index is 2.01. The second-order valence-corrected chi connectivity index (χ2v) is 5.26. The van der Waals surface area contributed by atoms with E-state index in [-0.39, 0.29) is 6.04 Å². The summed E-state index contributed by atoms with van der Waals surface area (Å²) in [5.41, 5.74) is 6.37. The van der Waals surface area contributed by atoms with Gasteiger partial charge < -0.3 is 0 Å². The third-order valence-electron chi connectivity index (χ3n) is 3.26. The highest BCUT2D eigenvalue weighted by molar-refractivity contribution is 7.07. The van der Waals surface area contributed by atoms with Crippen LogP contribution in [0, 0.1) is 0 Å². The van der Waals surface area contributed by atoms with Crippen molar-refractivity contribution in [1.29, 1.82) is 0 Å². The van der Waals surface area contributed by atoms with Gasteiger partial charge in [0.15, 0.2) is 0 Å². The van der Waals surface area contributed by atoms with Crippen LogP contribution in [-0.2, 0) is 6.42 Å². The second kappa shape index (κ2) is 5.48. The van der Waals surface area contributed by atoms with Gasteiger partial charge in [0.25, 0.3) is 0 Å². The molecule has 0 aliphatic carbocycles. The van der Waals surface area contributed by atoms with Gasteiger partial charge in [-0.3, -0.25) is 16.3 Å². The Hall–Kier alpha value is -1.75. The molecule has 0 aliphatic rings. The second-order valence-electron chi connectivity index (χ2n) is 4.48. The molecule has 0 bridgehead atoms. The minimum Gasteiger partial charge on any atom is -0.271 e. The van der Waals surface area contributed by atoms with Gasteiger partial charge in [-0.2, -0.15) is 11.3 Å². The zero-order valence-electron chi connectivity index (χ0n) is 10.4. The first-order chi connectivity index (χ1) is 9.38. The van der Waals surface area contributed by atoms with Gasteiger partial charge in [0.1, 0.15) is 0 Å². The van der Waals surface area contributed by atoms with Crippen LogP contribution in [0.1, 0.15) is 17.2 Å². The predicted molar refractivity (Wildman–Crippen MR) is 79.8 cm³/mol. The van der Waals surface area contributed by atoms with Crippen LogP contribution < -0.4 is 11.3 Å². The molecular formula is C15H15N3S. The first-order valence-electron chi connectivity index (χ1n) is 6.19. The molecule has 1 atom stereocenters. The molecule has 2 aromatic heterocycles. The minimum atomic E-state index is 0.0770. The van der Waals surface area contributed by atoms with Crippen molar-refractivity contribution < 1.29 is 0 Å². The average molecular weight is 269 g/mol. The summed E-state index contributed by atoms with van der Waals surface area (Å²) in [4.78, 5) is 4.49. The summed E-state index contributed by atoms with van der Waals surface area (Å²) >= 11 is 1.71. The van der Waals surface area contributed by atoms with E-state index in [2.05, 4.69) is 51.5 Å². The van der Waals surface area contributed by atoms with E-state index in [0.717, 1.165) is 22.9 Å². The van der Waals surface area contributed by atoms with Gasteiger partial charge in [-0.05, 0) is 40.4 Å². The molecule has 1 aromatic carbocycles. The highest BCUT2D eigenvalue weighted by Crippen LogP contribution is 2.25. The molecule has 2 heterocycles. The van der Waals surface area contributed by atoms with E-state index < -0.39 is 0 Å². The van der Waals surface area contributed by atoms with Crippen LogP contribution in [0.15, 0.2) is 53.4 Å². The van der Waals surface area contributed by atoms with Crippen molar-refractivity contribution in [3.63, 3.8) is 0 Å². The summed E-state index contributed by atoms with van der Waals surface area (Å²) in [5, 5.41) is 5.39. The fourth-order valence-electron chi connectivity index (χ4n) is 2.31. The van der Waals surface area contributed by atoms with E-state index in [1.54, 1.807) is 11.3 Å². The number of aromatic nitrogens is 1. The Morgan fingerprint density at radius 3 is 2.89 bits per heavy atom. The molecular weight excluding hydrogens is 254 g/mol. The Morgan fingerprint density at radius 1 is 1.21 bits per heavy atom. The van der Waals surface area contributed by atoms with Crippen molar-refractivity contribution in [3.05, 3.63) is 64.5 Å². The van der Waals surface area contributed by atoms with Crippen molar-refractivity contribution in [2.24, 2.45) is 5.84 Å². The number of hydrogen-bond donors (Lipinski definition) is 2. The lowest BCUT2D eigenvalue weighted by atomic mass is 9.98. The first-order valence-corrected chi connectivity index (χ1v) is 7.13. The zero-order valence-corrected chi connectivity index (χ0v) is 11.2. The van der Waals surface area contributed by atoms with Crippen molar-refractivity contribution in [2.45, 2.75) is 12.5 Å². The number of nitrogens with two attached hydrogens (primary N) is 1. The lowest BCUT2D eigenvalue weighted by molar-refractivity contribution is 0.555. The number of hydrazine groups is 1. The summed E-state index contributed by atoms with van der Waals surface area (Å²) in [6.45, 7) is 0. The number of fused-ring (bicyclic) bond motifs is 1. The quantitative estimate of drug-likeness (QED) is 0.565. The summed E-state index contributed by atoms with van der Waals surface area (Å²) in [7, 11) is 0. The van der Waals surface area contributed by atoms with Gasteiger partial charge in [0.2, 0.25) is 0 Å². The van der Waals surface area contributed by atoms with Crippen LogP contribution in [0.2, 0.25) is 0 Å². The summed E-state index contributed by atoms with van der Waals surface area (Å²) in [5.74, 6) is 5.74. The molecule has 19 heavy (non-hydrogen) atoms. The molecule has 3 rings (SSSR count). The fraction of sp³-hybridized carbons (Fsp3) is 0.133. The summed E-state index contributed by atoms with van der Waals surface area (Å²) < 4.78 is 0. The maximum absolute atomic E-state index is 5.74. The van der Waals surface area contributed by atoms with Crippen LogP contribution in [0.25, 0.3) is 10.9 Å². The highest BCUT2D eigenvalue weighted by Gasteiger charge is 2.14. The standard InChI is InChI=1S/C15H15N3S/c16-18-14(9-11-6-8-19-10-11)13-5-1-3-12-4-2-7-17-15(12)13/h1-8,10,14,18H,9,16H2. The van der Waals surface area contributed by atoms with E-state index >= 15 is 0 Å². The minimum absolute atomic E-state index is 0.0770. The van der Waals surface area contributed by atoms with E-state index in [1.165, 1.54) is 5.56 Å². The van der Waals surface area contributed by atoms with Crippen LogP contribution in [0.4, 0.5) is 0 Å². The number of nitrogens with one attached hydrogen (secondary N) is 1. The normalized spacial score (nSPS) is 12.7. The number of hydrogen-bond acceptors (Lipinski definition) is 4. The van der Waals surface area contributed by atoms with Crippen LogP contribution >= 0.6 is 11.3 Å². The molecule has 3 aromatic rings. The molecule has 0 spiro atoms. The van der Waals surface area contributed by atoms with Crippen LogP contribution in [0.3, 0.4) is 0 Å². The molecule has 3 nitrogen and oxygen atoms in total. The molecule has 1 unspecified atom stereocenters. The van der Waals surface area contributed by atoms with E-state index in [1.807, 2.05) is 12.3 Å². The Kier molecular flexibility index (Phi) is 3.55. The molecule has 3 N–H and O–H groups in total. The van der Waals surface area contributed by atoms with Crippen molar-refractivity contribution in [1.82, 2.24) is 10.4 Å². The number of pyridine rings is 1. The molecule has 96 valence electrons. The third-order valence-corrected chi connectivity index (χ3v) is 3.99. The summed E-state index contributed by atoms with van der Waals surface area (Å²) in [6, 6.07) is 12.5. The maximum Gasteiger partial charge on any atom is 0.0750 e. The fourth-order valence-corrected chi connectivity index (χ4v) is 2.99. The summed E-state index contributed by atoms with van der Waals surface area (Å²) in [6.07, 6.45) is 2.69. The van der Waals surface area contributed by atoms with Crippen molar-refractivity contribution in [2.75, 3.05) is 0 Å². The molecule has 4 heteroatoms. The van der Waals surface area contributed by atoms with Crippen LogP contribution in [0.5, 0.6) is 0 Å². The van der Waals surface area contributed by atoms with Gasteiger partial charge in [-0.1, -0.05) is 24.3 Å². The molecule has 0 saturated heterocycles. The number of thiophene rings is 1. The highest BCUT2D eigenvalue weighted by atomic mass is 32.1. The van der Waals surface area contributed by atoms with E-state index in [4.69, 9.17) is 5.84 Å². The van der Waals surface area contributed by atoms with Crippen molar-refractivity contribution in [3.8, 4) is 0 Å². The lowest BCUT2D eigenvalue weighted by Crippen LogP contribution is -2.29. The molecule has 0 radical (unpaired) electrons. The number of rotatable bonds is 4. The SMILES string of the molecule is NNC(Cc1ccsc1)c1cccc2cccnc12. The topological polar surface area (TPSA) is 50.9 Å². The molecule has 0 aliphatic heterocycles. The monoisotopic (exact) mass is 269 g/mol. The van der Waals surface area contributed by atoms with E-state index in [0.29, 0.717) is 0 Å². The largest absolute Gasteiger partial charge is 0.271 e. The van der Waals surface area contributed by atoms with E-state index in [9.17, 15) is 0 Å². The maximum atomic E-state index is 5.74. The number of para-hydroxylation sites is 1. The third kappa shape index (κ3) is 2.51. The zero-order chi connectivity index (χ0) is 13.1. The molecule has 0 fully saturated rings. The first kappa shape index (κ1) is 12.3. The van der Waals surface area contributed by atoms with Gasteiger partial charge in [-0.25, -0.2) is 0 Å². The van der Waals surface area contributed by atoms with Gasteiger partial charge >= 0.3 is 0 Å². The molecule has 0 amide bonds. The van der Waals surface area contributed by atoms with Gasteiger partial charge in [0.05, 0.1) is 11.6 Å². The van der Waals surface area contributed by atoms with Gasteiger partial charge in [0, 0.05) is 11.6 Å².